The fourth-order valence-electron chi connectivity index (χ4n) is 2.71. The molecule has 1 aliphatic rings. The van der Waals surface area contributed by atoms with Gasteiger partial charge in [0.2, 0.25) is 5.88 Å². The molecule has 1 saturated carbocycles. The maximum Gasteiger partial charge on any atom is 0.417 e. The number of pyridine rings is 1. The summed E-state index contributed by atoms with van der Waals surface area (Å²) in [4.78, 5) is 11.7. The quantitative estimate of drug-likeness (QED) is 0.798. The molecule has 140 valence electrons. The van der Waals surface area contributed by atoms with E-state index in [1.807, 2.05) is 0 Å². The monoisotopic (exact) mass is 387 g/mol. The second-order valence-electron chi connectivity index (χ2n) is 6.00. The van der Waals surface area contributed by atoms with Crippen LogP contribution in [0.2, 0.25) is 5.02 Å². The number of nitrogen functional groups attached to an aromatic ring is 1. The highest BCUT2D eigenvalue weighted by molar-refractivity contribution is 6.33. The second kappa shape index (κ2) is 7.53. The van der Waals surface area contributed by atoms with Crippen LogP contribution in [0.5, 0.6) is 5.88 Å². The highest BCUT2D eigenvalue weighted by Gasteiger charge is 2.31. The summed E-state index contributed by atoms with van der Waals surface area (Å²) in [6.07, 6.45) is 2.68. The van der Waals surface area contributed by atoms with Gasteiger partial charge in [0, 0.05) is 6.20 Å². The van der Waals surface area contributed by atoms with Crippen LogP contribution in [-0.2, 0) is 6.18 Å². The molecule has 0 spiro atoms. The molecule has 10 heteroatoms. The van der Waals surface area contributed by atoms with Crippen LogP contribution in [0, 0.1) is 0 Å². The predicted octanol–water partition coefficient (Wildman–Crippen LogP) is 4.58. The first kappa shape index (κ1) is 18.5. The van der Waals surface area contributed by atoms with Gasteiger partial charge >= 0.3 is 6.18 Å². The molecule has 0 radical (unpaired) electrons. The Balaban J connectivity index is 1.79. The topological polar surface area (TPSA) is 86.0 Å². The Labute approximate surface area is 152 Å². The van der Waals surface area contributed by atoms with Crippen LogP contribution in [0.1, 0.15) is 37.7 Å². The third kappa shape index (κ3) is 4.27. The van der Waals surface area contributed by atoms with Gasteiger partial charge in [-0.3, -0.25) is 0 Å². The zero-order valence-corrected chi connectivity index (χ0v) is 14.4. The molecule has 0 unspecified atom stereocenters. The van der Waals surface area contributed by atoms with Crippen molar-refractivity contribution in [3.63, 3.8) is 0 Å². The minimum atomic E-state index is -4.52. The average molecular weight is 388 g/mol. The van der Waals surface area contributed by atoms with Crippen LogP contribution in [0.25, 0.3) is 0 Å². The number of halogens is 4. The molecule has 1 fully saturated rings. The van der Waals surface area contributed by atoms with Gasteiger partial charge in [-0.2, -0.15) is 18.2 Å². The van der Waals surface area contributed by atoms with E-state index in [1.165, 1.54) is 12.7 Å². The van der Waals surface area contributed by atoms with Crippen LogP contribution in [0.3, 0.4) is 0 Å². The van der Waals surface area contributed by atoms with Crippen LogP contribution < -0.4 is 15.8 Å². The molecular formula is C16H17ClF3N5O. The average Bonchev–Trinajstić information content (AvgIpc) is 2.60. The number of nitrogens with two attached hydrogens (primary N) is 1. The number of hydrogen-bond acceptors (Lipinski definition) is 6. The highest BCUT2D eigenvalue weighted by Crippen LogP contribution is 2.35. The highest BCUT2D eigenvalue weighted by atomic mass is 35.5. The lowest BCUT2D eigenvalue weighted by molar-refractivity contribution is -0.137. The zero-order chi connectivity index (χ0) is 18.7. The Hall–Kier alpha value is -2.29. The summed E-state index contributed by atoms with van der Waals surface area (Å²) in [5, 5.41) is 2.53. The van der Waals surface area contributed by atoms with Crippen molar-refractivity contribution in [2.75, 3.05) is 11.1 Å². The molecule has 3 rings (SSSR count). The molecule has 2 aromatic heterocycles. The van der Waals surface area contributed by atoms with Gasteiger partial charge in [-0.25, -0.2) is 9.97 Å². The number of rotatable bonds is 4. The van der Waals surface area contributed by atoms with E-state index in [1.54, 1.807) is 0 Å². The van der Waals surface area contributed by atoms with Gasteiger partial charge in [-0.1, -0.05) is 18.0 Å². The van der Waals surface area contributed by atoms with E-state index in [-0.39, 0.29) is 34.3 Å². The van der Waals surface area contributed by atoms with E-state index in [0.29, 0.717) is 6.20 Å². The Kier molecular flexibility index (Phi) is 5.36. The van der Waals surface area contributed by atoms with E-state index < -0.39 is 11.7 Å². The minimum absolute atomic E-state index is 0.00804. The lowest BCUT2D eigenvalue weighted by atomic mass is 9.98. The first-order chi connectivity index (χ1) is 12.3. The molecule has 0 aromatic carbocycles. The van der Waals surface area contributed by atoms with Crippen molar-refractivity contribution in [2.24, 2.45) is 0 Å². The molecule has 0 saturated heterocycles. The fraction of sp³-hybridized carbons (Fsp3) is 0.438. The number of ether oxygens (including phenoxy) is 1. The summed E-state index contributed by atoms with van der Waals surface area (Å²) in [6.45, 7) is 0. The number of hydrogen-bond donors (Lipinski definition) is 2. The Morgan fingerprint density at radius 3 is 2.50 bits per heavy atom. The molecular weight excluding hydrogens is 371 g/mol. The third-order valence-corrected chi connectivity index (χ3v) is 4.37. The molecule has 0 atom stereocenters. The van der Waals surface area contributed by atoms with E-state index in [0.717, 1.165) is 31.7 Å². The maximum atomic E-state index is 12.7. The van der Waals surface area contributed by atoms with Crippen molar-refractivity contribution >= 4 is 28.9 Å². The Morgan fingerprint density at radius 1 is 1.12 bits per heavy atom. The minimum Gasteiger partial charge on any atom is -0.473 e. The SMILES string of the molecule is Nc1c(Nc2ncc(C(F)(F)F)cc2Cl)ncnc1OC1CCCCC1. The van der Waals surface area contributed by atoms with Gasteiger partial charge in [-0.05, 0) is 31.7 Å². The predicted molar refractivity (Wildman–Crippen MR) is 91.5 cm³/mol. The van der Waals surface area contributed by atoms with E-state index in [4.69, 9.17) is 22.1 Å². The van der Waals surface area contributed by atoms with E-state index in [9.17, 15) is 13.2 Å². The molecule has 0 bridgehead atoms. The summed E-state index contributed by atoms with van der Waals surface area (Å²) >= 11 is 5.89. The molecule has 2 aromatic rings. The lowest BCUT2D eigenvalue weighted by Gasteiger charge is -2.23. The number of nitrogens with zero attached hydrogens (tertiary/aromatic N) is 3. The Bertz CT molecular complexity index is 781. The first-order valence-corrected chi connectivity index (χ1v) is 8.49. The molecule has 0 aliphatic heterocycles. The van der Waals surface area contributed by atoms with Gasteiger partial charge in [0.05, 0.1) is 10.6 Å². The van der Waals surface area contributed by atoms with E-state index in [2.05, 4.69) is 20.3 Å². The van der Waals surface area contributed by atoms with Gasteiger partial charge in [0.1, 0.15) is 23.9 Å². The van der Waals surface area contributed by atoms with Crippen molar-refractivity contribution in [3.05, 3.63) is 29.2 Å². The summed E-state index contributed by atoms with van der Waals surface area (Å²) in [7, 11) is 0. The van der Waals surface area contributed by atoms with Gasteiger partial charge in [-0.15, -0.1) is 0 Å². The van der Waals surface area contributed by atoms with Crippen LogP contribution in [0.15, 0.2) is 18.6 Å². The number of alkyl halides is 3. The molecule has 6 nitrogen and oxygen atoms in total. The maximum absolute atomic E-state index is 12.7. The van der Waals surface area contributed by atoms with Crippen LogP contribution in [0.4, 0.5) is 30.5 Å². The van der Waals surface area contributed by atoms with Crippen molar-refractivity contribution in [1.29, 1.82) is 0 Å². The lowest BCUT2D eigenvalue weighted by Crippen LogP contribution is -2.21. The van der Waals surface area contributed by atoms with E-state index >= 15 is 0 Å². The molecule has 1 aliphatic carbocycles. The number of anilines is 3. The van der Waals surface area contributed by atoms with Gasteiger partial charge < -0.3 is 15.8 Å². The smallest absolute Gasteiger partial charge is 0.417 e. The fourth-order valence-corrected chi connectivity index (χ4v) is 2.92. The molecule has 2 heterocycles. The Morgan fingerprint density at radius 2 is 1.85 bits per heavy atom. The molecule has 0 amide bonds. The van der Waals surface area contributed by atoms with Gasteiger partial charge in [0.25, 0.3) is 0 Å². The van der Waals surface area contributed by atoms with Crippen molar-refractivity contribution < 1.29 is 17.9 Å². The molecule has 26 heavy (non-hydrogen) atoms. The van der Waals surface area contributed by atoms with Crippen LogP contribution in [-0.4, -0.2) is 21.1 Å². The summed E-state index contributed by atoms with van der Waals surface area (Å²) in [5.41, 5.74) is 5.24. The van der Waals surface area contributed by atoms with Gasteiger partial charge in [0.15, 0.2) is 5.82 Å². The number of nitrogens with one attached hydrogen (secondary N) is 1. The normalized spacial score (nSPS) is 15.7. The molecule has 3 N–H and O–H groups in total. The van der Waals surface area contributed by atoms with Crippen molar-refractivity contribution in [1.82, 2.24) is 15.0 Å². The first-order valence-electron chi connectivity index (χ1n) is 8.11. The van der Waals surface area contributed by atoms with Crippen molar-refractivity contribution in [3.8, 4) is 5.88 Å². The zero-order valence-electron chi connectivity index (χ0n) is 13.7. The van der Waals surface area contributed by atoms with Crippen molar-refractivity contribution in [2.45, 2.75) is 44.4 Å². The summed E-state index contributed by atoms with van der Waals surface area (Å²) < 4.78 is 43.9. The third-order valence-electron chi connectivity index (χ3n) is 4.08. The standard InChI is InChI=1S/C16H17ClF3N5O/c17-11-6-9(16(18,19)20)7-22-13(11)25-14-12(21)15(24-8-23-14)26-10-4-2-1-3-5-10/h6-8,10H,1-5,21H2,(H,22,23,24,25). The summed E-state index contributed by atoms with van der Waals surface area (Å²) in [5.74, 6) is 0.408. The summed E-state index contributed by atoms with van der Waals surface area (Å²) in [6, 6.07) is 0.785. The van der Waals surface area contributed by atoms with Crippen LogP contribution >= 0.6 is 11.6 Å². The largest absolute Gasteiger partial charge is 0.473 e. The number of aromatic nitrogens is 3. The second-order valence-corrected chi connectivity index (χ2v) is 6.40.